The average Bonchev–Trinajstić information content (AvgIpc) is 2.16. The molecule has 72 valence electrons. The van der Waals surface area contributed by atoms with E-state index in [0.29, 0.717) is 11.3 Å². The van der Waals surface area contributed by atoms with Crippen molar-refractivity contribution in [3.63, 3.8) is 0 Å². The molecule has 0 unspecified atom stereocenters. The van der Waals surface area contributed by atoms with Crippen LogP contribution in [0.3, 0.4) is 0 Å². The number of rotatable bonds is 2. The normalized spacial score (nSPS) is 24.9. The molecule has 1 aromatic heterocycles. The number of ether oxygens (including phenoxy) is 1. The number of nitriles is 1. The van der Waals surface area contributed by atoms with E-state index in [1.807, 2.05) is 0 Å². The van der Waals surface area contributed by atoms with E-state index in [1.54, 1.807) is 18.5 Å². The van der Waals surface area contributed by atoms with Crippen LogP contribution in [0.25, 0.3) is 0 Å². The lowest BCUT2D eigenvalue weighted by molar-refractivity contribution is 0.100. The Labute approximate surface area is 82.3 Å². The molecule has 0 aromatic carbocycles. The first kappa shape index (κ1) is 8.97. The van der Waals surface area contributed by atoms with Crippen LogP contribution in [0, 0.1) is 11.3 Å². The Balaban J connectivity index is 2.06. The molecule has 0 radical (unpaired) electrons. The van der Waals surface area contributed by atoms with Crippen molar-refractivity contribution in [3.05, 3.63) is 24.0 Å². The van der Waals surface area contributed by atoms with E-state index in [9.17, 15) is 0 Å². The summed E-state index contributed by atoms with van der Waals surface area (Å²) in [7, 11) is 0. The van der Waals surface area contributed by atoms with Crippen molar-refractivity contribution in [2.75, 3.05) is 0 Å². The quantitative estimate of drug-likeness (QED) is 0.747. The van der Waals surface area contributed by atoms with Gasteiger partial charge < -0.3 is 10.5 Å². The zero-order valence-corrected chi connectivity index (χ0v) is 7.68. The van der Waals surface area contributed by atoms with Gasteiger partial charge in [0.1, 0.15) is 12.2 Å². The van der Waals surface area contributed by atoms with Gasteiger partial charge in [-0.15, -0.1) is 0 Å². The van der Waals surface area contributed by atoms with Crippen LogP contribution in [-0.2, 0) is 0 Å². The lowest BCUT2D eigenvalue weighted by Crippen LogP contribution is -2.43. The van der Waals surface area contributed by atoms with Crippen LogP contribution in [0.1, 0.15) is 18.4 Å². The first-order chi connectivity index (χ1) is 6.79. The highest BCUT2D eigenvalue weighted by Crippen LogP contribution is 2.25. The Morgan fingerprint density at radius 2 is 2.36 bits per heavy atom. The van der Waals surface area contributed by atoms with E-state index in [0.717, 1.165) is 12.8 Å². The Morgan fingerprint density at radius 3 is 3.00 bits per heavy atom. The summed E-state index contributed by atoms with van der Waals surface area (Å²) >= 11 is 0. The average molecular weight is 189 g/mol. The Bertz CT molecular complexity index is 366. The van der Waals surface area contributed by atoms with Gasteiger partial charge in [-0.05, 0) is 18.9 Å². The van der Waals surface area contributed by atoms with Crippen molar-refractivity contribution in [2.24, 2.45) is 5.73 Å². The maximum atomic E-state index is 8.79. The Hall–Kier alpha value is -1.60. The summed E-state index contributed by atoms with van der Waals surface area (Å²) in [4.78, 5) is 3.92. The molecule has 0 atom stereocenters. The summed E-state index contributed by atoms with van der Waals surface area (Å²) < 4.78 is 5.58. The summed E-state index contributed by atoms with van der Waals surface area (Å²) in [6.07, 6.45) is 5.03. The summed E-state index contributed by atoms with van der Waals surface area (Å²) in [5, 5.41) is 8.79. The van der Waals surface area contributed by atoms with Gasteiger partial charge >= 0.3 is 0 Å². The highest BCUT2D eigenvalue weighted by Gasteiger charge is 2.28. The van der Waals surface area contributed by atoms with Gasteiger partial charge in [-0.1, -0.05) is 0 Å². The number of aromatic nitrogens is 1. The monoisotopic (exact) mass is 189 g/mol. The summed E-state index contributed by atoms with van der Waals surface area (Å²) in [6, 6.07) is 3.96. The second-order valence-corrected chi connectivity index (χ2v) is 3.45. The molecule has 1 saturated carbocycles. The van der Waals surface area contributed by atoms with Gasteiger partial charge in [-0.3, -0.25) is 4.98 Å². The van der Waals surface area contributed by atoms with E-state index >= 15 is 0 Å². The smallest absolute Gasteiger partial charge is 0.155 e. The third-order valence-electron chi connectivity index (χ3n) is 2.33. The topological polar surface area (TPSA) is 71.9 Å². The van der Waals surface area contributed by atoms with Crippen molar-refractivity contribution in [3.8, 4) is 11.8 Å². The standard InChI is InChI=1S/C10H11N3O/c11-5-7-1-2-13-6-10(7)14-9-3-8(12)4-9/h1-2,6,8-9H,3-4,12H2. The fraction of sp³-hybridized carbons (Fsp3) is 0.400. The van der Waals surface area contributed by atoms with Crippen molar-refractivity contribution < 1.29 is 4.74 Å². The van der Waals surface area contributed by atoms with Gasteiger partial charge in [-0.2, -0.15) is 5.26 Å². The lowest BCUT2D eigenvalue weighted by atomic mass is 9.90. The van der Waals surface area contributed by atoms with E-state index in [2.05, 4.69) is 11.1 Å². The molecule has 0 spiro atoms. The molecule has 0 bridgehead atoms. The first-order valence-corrected chi connectivity index (χ1v) is 4.56. The molecule has 0 aliphatic heterocycles. The lowest BCUT2D eigenvalue weighted by Gasteiger charge is -2.32. The molecule has 2 rings (SSSR count). The summed E-state index contributed by atoms with van der Waals surface area (Å²) in [5.41, 5.74) is 6.16. The highest BCUT2D eigenvalue weighted by atomic mass is 16.5. The fourth-order valence-electron chi connectivity index (χ4n) is 1.45. The van der Waals surface area contributed by atoms with E-state index in [1.165, 1.54) is 0 Å². The maximum absolute atomic E-state index is 8.79. The third kappa shape index (κ3) is 1.68. The highest BCUT2D eigenvalue weighted by molar-refractivity contribution is 5.40. The summed E-state index contributed by atoms with van der Waals surface area (Å²) in [5.74, 6) is 0.562. The zero-order chi connectivity index (χ0) is 9.97. The minimum absolute atomic E-state index is 0.154. The predicted octanol–water partition coefficient (Wildman–Crippen LogP) is 0.822. The SMILES string of the molecule is N#Cc1ccncc1OC1CC(N)C1. The van der Waals surface area contributed by atoms with E-state index in [-0.39, 0.29) is 12.1 Å². The molecule has 0 saturated heterocycles. The molecule has 4 nitrogen and oxygen atoms in total. The van der Waals surface area contributed by atoms with E-state index < -0.39 is 0 Å². The number of nitrogens with two attached hydrogens (primary N) is 1. The minimum Gasteiger partial charge on any atom is -0.487 e. The van der Waals surface area contributed by atoms with Gasteiger partial charge in [0, 0.05) is 12.2 Å². The van der Waals surface area contributed by atoms with Crippen LogP contribution in [0.5, 0.6) is 5.75 Å². The van der Waals surface area contributed by atoms with E-state index in [4.69, 9.17) is 15.7 Å². The van der Waals surface area contributed by atoms with Crippen molar-refractivity contribution in [1.82, 2.24) is 4.98 Å². The second-order valence-electron chi connectivity index (χ2n) is 3.45. The molecule has 2 N–H and O–H groups in total. The molecule has 14 heavy (non-hydrogen) atoms. The van der Waals surface area contributed by atoms with Crippen LogP contribution < -0.4 is 10.5 Å². The summed E-state index contributed by atoms with van der Waals surface area (Å²) in [6.45, 7) is 0. The Kier molecular flexibility index (Phi) is 2.33. The largest absolute Gasteiger partial charge is 0.487 e. The van der Waals surface area contributed by atoms with Crippen molar-refractivity contribution in [1.29, 1.82) is 5.26 Å². The molecule has 1 aliphatic rings. The molecule has 1 aromatic rings. The molecule has 0 amide bonds. The Morgan fingerprint density at radius 1 is 1.57 bits per heavy atom. The van der Waals surface area contributed by atoms with Gasteiger partial charge in [-0.25, -0.2) is 0 Å². The van der Waals surface area contributed by atoms with Crippen molar-refractivity contribution in [2.45, 2.75) is 25.0 Å². The first-order valence-electron chi connectivity index (χ1n) is 4.56. The fourth-order valence-corrected chi connectivity index (χ4v) is 1.45. The van der Waals surface area contributed by atoms with Crippen LogP contribution in [0.15, 0.2) is 18.5 Å². The van der Waals surface area contributed by atoms with Gasteiger partial charge in [0.25, 0.3) is 0 Å². The van der Waals surface area contributed by atoms with Gasteiger partial charge in [0.05, 0.1) is 11.8 Å². The maximum Gasteiger partial charge on any atom is 0.155 e. The van der Waals surface area contributed by atoms with Crippen molar-refractivity contribution >= 4 is 0 Å². The molecule has 1 fully saturated rings. The minimum atomic E-state index is 0.154. The number of pyridine rings is 1. The number of hydrogen-bond donors (Lipinski definition) is 1. The molecular formula is C10H11N3O. The predicted molar refractivity (Wildman–Crippen MR) is 50.6 cm³/mol. The van der Waals surface area contributed by atoms with Gasteiger partial charge in [0.15, 0.2) is 5.75 Å². The zero-order valence-electron chi connectivity index (χ0n) is 7.68. The van der Waals surface area contributed by atoms with Crippen LogP contribution in [0.2, 0.25) is 0 Å². The van der Waals surface area contributed by atoms with Gasteiger partial charge in [0.2, 0.25) is 0 Å². The number of nitrogens with zero attached hydrogens (tertiary/aromatic N) is 2. The third-order valence-corrected chi connectivity index (χ3v) is 2.33. The van der Waals surface area contributed by atoms with Crippen LogP contribution >= 0.6 is 0 Å². The molecular weight excluding hydrogens is 178 g/mol. The van der Waals surface area contributed by atoms with Crippen LogP contribution in [-0.4, -0.2) is 17.1 Å². The molecule has 4 heteroatoms. The number of hydrogen-bond acceptors (Lipinski definition) is 4. The van der Waals surface area contributed by atoms with Crippen LogP contribution in [0.4, 0.5) is 0 Å². The molecule has 1 heterocycles. The second kappa shape index (κ2) is 3.64. The molecule has 1 aliphatic carbocycles.